The zero-order valence-electron chi connectivity index (χ0n) is 16.8. The number of carbonyl (C=O) groups is 2. The Morgan fingerprint density at radius 1 is 1.17 bits per heavy atom. The smallest absolute Gasteiger partial charge is 0.307 e. The fourth-order valence-corrected chi connectivity index (χ4v) is 4.17. The van der Waals surface area contributed by atoms with Gasteiger partial charge in [-0.2, -0.15) is 0 Å². The normalized spacial score (nSPS) is 23.0. The van der Waals surface area contributed by atoms with Crippen LogP contribution >= 0.6 is 0 Å². The molecule has 0 aliphatic heterocycles. The number of carboxylic acids is 1. The molecule has 0 radical (unpaired) electrons. The molecule has 3 N–H and O–H groups in total. The Morgan fingerprint density at radius 2 is 1.83 bits per heavy atom. The van der Waals surface area contributed by atoms with Crippen LogP contribution in [-0.2, 0) is 16.1 Å². The third-order valence-corrected chi connectivity index (χ3v) is 5.70. The molecular weight excluding hydrogens is 384 g/mol. The molecule has 0 heterocycles. The number of carboxylic acid groups (broad SMARTS) is 1. The number of oxime groups is 1. The van der Waals surface area contributed by atoms with Gasteiger partial charge in [0.1, 0.15) is 11.5 Å². The maximum atomic E-state index is 13.0. The number of ether oxygens (including phenoxy) is 1. The summed E-state index contributed by atoms with van der Waals surface area (Å²) in [5.41, 5.74) is 0.0392. The van der Waals surface area contributed by atoms with Gasteiger partial charge in [-0.3, -0.25) is 9.59 Å². The second-order valence-corrected chi connectivity index (χ2v) is 7.59. The molecule has 158 valence electrons. The van der Waals surface area contributed by atoms with Crippen LogP contribution < -0.4 is 10.1 Å². The third-order valence-electron chi connectivity index (χ3n) is 5.70. The van der Waals surface area contributed by atoms with Crippen LogP contribution in [0.1, 0.15) is 31.7 Å². The van der Waals surface area contributed by atoms with Gasteiger partial charge in [-0.25, -0.2) is 0 Å². The minimum absolute atomic E-state index is 0.212. The van der Waals surface area contributed by atoms with Gasteiger partial charge in [0.2, 0.25) is 5.91 Å². The highest BCUT2D eigenvalue weighted by Crippen LogP contribution is 2.53. The molecule has 7 nitrogen and oxygen atoms in total. The number of aliphatic carboxylic acids is 1. The minimum Gasteiger partial charge on any atom is -0.481 e. The lowest BCUT2D eigenvalue weighted by atomic mass is 9.51. The molecule has 0 spiro atoms. The van der Waals surface area contributed by atoms with Crippen LogP contribution in [0.25, 0.3) is 0 Å². The highest BCUT2D eigenvalue weighted by atomic mass is 16.5. The zero-order chi connectivity index (χ0) is 21.6. The van der Waals surface area contributed by atoms with Crippen molar-refractivity contribution in [1.82, 2.24) is 5.32 Å². The first-order valence-corrected chi connectivity index (χ1v) is 10.0. The van der Waals surface area contributed by atoms with Crippen molar-refractivity contribution in [3.05, 3.63) is 60.2 Å². The zero-order valence-corrected chi connectivity index (χ0v) is 16.8. The van der Waals surface area contributed by atoms with Crippen molar-refractivity contribution in [2.75, 3.05) is 0 Å². The first kappa shape index (κ1) is 21.4. The molecule has 3 rings (SSSR count). The Labute approximate surface area is 175 Å². The van der Waals surface area contributed by atoms with Crippen molar-refractivity contribution in [3.8, 4) is 11.5 Å². The molecule has 30 heavy (non-hydrogen) atoms. The van der Waals surface area contributed by atoms with Crippen molar-refractivity contribution in [1.29, 1.82) is 0 Å². The fraction of sp³-hybridized carbons (Fsp3) is 0.348. The highest BCUT2D eigenvalue weighted by Gasteiger charge is 2.59. The molecule has 0 aromatic heterocycles. The van der Waals surface area contributed by atoms with Gasteiger partial charge in [-0.05, 0) is 42.7 Å². The number of rotatable bonds is 9. The first-order chi connectivity index (χ1) is 14.5. The molecule has 1 aliphatic carbocycles. The topological polar surface area (TPSA) is 108 Å². The number of amides is 1. The molecule has 1 aliphatic rings. The number of nitrogens with zero attached hydrogens (tertiary/aromatic N) is 1. The lowest BCUT2D eigenvalue weighted by Crippen LogP contribution is -2.59. The van der Waals surface area contributed by atoms with E-state index in [9.17, 15) is 14.7 Å². The van der Waals surface area contributed by atoms with E-state index < -0.39 is 23.2 Å². The monoisotopic (exact) mass is 410 g/mol. The maximum Gasteiger partial charge on any atom is 0.307 e. The van der Waals surface area contributed by atoms with Crippen molar-refractivity contribution >= 4 is 18.1 Å². The van der Waals surface area contributed by atoms with E-state index in [2.05, 4.69) is 10.5 Å². The van der Waals surface area contributed by atoms with Crippen molar-refractivity contribution < 1.29 is 24.6 Å². The highest BCUT2D eigenvalue weighted by molar-refractivity contribution is 5.92. The number of carbonyl (C=O) groups excluding carboxylic acids is 1. The van der Waals surface area contributed by atoms with Gasteiger partial charge in [0.25, 0.3) is 0 Å². The fourth-order valence-electron chi connectivity index (χ4n) is 4.17. The van der Waals surface area contributed by atoms with Crippen LogP contribution in [0.4, 0.5) is 0 Å². The molecule has 7 heteroatoms. The Bertz CT molecular complexity index is 898. The molecular formula is C23H26N2O5. The Morgan fingerprint density at radius 3 is 2.43 bits per heavy atom. The van der Waals surface area contributed by atoms with Crippen molar-refractivity contribution in [2.24, 2.45) is 22.4 Å². The Hall–Kier alpha value is -3.35. The Balaban J connectivity index is 1.64. The molecule has 1 fully saturated rings. The lowest BCUT2D eigenvalue weighted by molar-refractivity contribution is -0.161. The third kappa shape index (κ3) is 4.45. The average molecular weight is 410 g/mol. The van der Waals surface area contributed by atoms with Gasteiger partial charge < -0.3 is 20.4 Å². The molecule has 1 saturated carbocycles. The number of nitrogens with one attached hydrogen (secondary N) is 1. The summed E-state index contributed by atoms with van der Waals surface area (Å²) >= 11 is 0. The predicted molar refractivity (Wildman–Crippen MR) is 112 cm³/mol. The number of hydrogen-bond acceptors (Lipinski definition) is 5. The largest absolute Gasteiger partial charge is 0.481 e. The first-order valence-electron chi connectivity index (χ1n) is 10.0. The number of benzene rings is 2. The minimum atomic E-state index is -0.978. The molecule has 2 aromatic carbocycles. The lowest BCUT2D eigenvalue weighted by Gasteiger charge is -2.50. The summed E-state index contributed by atoms with van der Waals surface area (Å²) in [5, 5.41) is 24.3. The van der Waals surface area contributed by atoms with Gasteiger partial charge >= 0.3 is 5.97 Å². The number of para-hydroxylation sites is 1. The summed E-state index contributed by atoms with van der Waals surface area (Å²) in [7, 11) is 0. The molecule has 3 unspecified atom stereocenters. The van der Waals surface area contributed by atoms with Crippen LogP contribution in [0, 0.1) is 17.3 Å². The van der Waals surface area contributed by atoms with E-state index in [1.807, 2.05) is 61.5 Å². The van der Waals surface area contributed by atoms with E-state index in [4.69, 9.17) is 9.94 Å². The van der Waals surface area contributed by atoms with Crippen LogP contribution in [0.2, 0.25) is 0 Å². The maximum absolute atomic E-state index is 13.0. The van der Waals surface area contributed by atoms with Crippen LogP contribution in [0.3, 0.4) is 0 Å². The molecule has 0 saturated heterocycles. The average Bonchev–Trinajstić information content (AvgIpc) is 2.74. The van der Waals surface area contributed by atoms with E-state index >= 15 is 0 Å². The van der Waals surface area contributed by atoms with Crippen molar-refractivity contribution in [3.63, 3.8) is 0 Å². The summed E-state index contributed by atoms with van der Waals surface area (Å²) in [5.74, 6) is -1.09. The van der Waals surface area contributed by atoms with E-state index in [0.717, 1.165) is 17.7 Å². The molecule has 3 atom stereocenters. The van der Waals surface area contributed by atoms with E-state index in [1.54, 1.807) is 0 Å². The molecule has 0 bridgehead atoms. The van der Waals surface area contributed by atoms with Gasteiger partial charge in [0, 0.05) is 18.7 Å². The van der Waals surface area contributed by atoms with Gasteiger partial charge in [0.15, 0.2) is 0 Å². The Kier molecular flexibility index (Phi) is 6.72. The molecule has 2 aromatic rings. The predicted octanol–water partition coefficient (Wildman–Crippen LogP) is 4.06. The van der Waals surface area contributed by atoms with Gasteiger partial charge in [-0.1, -0.05) is 43.7 Å². The van der Waals surface area contributed by atoms with Gasteiger partial charge in [0.05, 0.1) is 11.3 Å². The molecule has 1 amide bonds. The summed E-state index contributed by atoms with van der Waals surface area (Å²) in [6.07, 6.45) is 2.68. The van der Waals surface area contributed by atoms with E-state index in [-0.39, 0.29) is 12.3 Å². The van der Waals surface area contributed by atoms with Gasteiger partial charge in [-0.15, -0.1) is 5.16 Å². The number of hydrogen-bond donors (Lipinski definition) is 3. The van der Waals surface area contributed by atoms with E-state index in [1.165, 1.54) is 6.21 Å². The standard InChI is InChI=1S/C23H26N2O5/c1-2-12-23(13-19(21(26)27)20(23)15-25-29)22(28)24-14-16-8-10-18(11-9-16)30-17-6-4-3-5-7-17/h3-11,15,19-20,29H,2,12-14H2,1H3,(H,24,28)(H,26,27)/b25-15-. The van der Waals surface area contributed by atoms with E-state index in [0.29, 0.717) is 18.7 Å². The summed E-state index contributed by atoms with van der Waals surface area (Å²) in [4.78, 5) is 24.4. The van der Waals surface area contributed by atoms with Crippen LogP contribution in [-0.4, -0.2) is 28.4 Å². The summed E-state index contributed by atoms with van der Waals surface area (Å²) < 4.78 is 5.77. The SMILES string of the molecule is CCCC1(C(=O)NCc2ccc(Oc3ccccc3)cc2)CC(C(=O)O)C1/C=N\O. The van der Waals surface area contributed by atoms with Crippen LogP contribution in [0.5, 0.6) is 11.5 Å². The second kappa shape index (κ2) is 9.43. The quantitative estimate of drug-likeness (QED) is 0.328. The summed E-state index contributed by atoms with van der Waals surface area (Å²) in [6, 6.07) is 16.9. The summed E-state index contributed by atoms with van der Waals surface area (Å²) in [6.45, 7) is 2.26. The van der Waals surface area contributed by atoms with Crippen molar-refractivity contribution in [2.45, 2.75) is 32.7 Å². The van der Waals surface area contributed by atoms with Crippen LogP contribution in [0.15, 0.2) is 59.8 Å². The second-order valence-electron chi connectivity index (χ2n) is 7.59.